The fourth-order valence-corrected chi connectivity index (χ4v) is 2.38. The molecule has 2 heterocycles. The van der Waals surface area contributed by atoms with Gasteiger partial charge in [0.25, 0.3) is 5.69 Å². The number of nitrogens with two attached hydrogens (primary N) is 1. The predicted molar refractivity (Wildman–Crippen MR) is 99.5 cm³/mol. The Labute approximate surface area is 158 Å². The zero-order chi connectivity index (χ0) is 20.1. The van der Waals surface area contributed by atoms with Gasteiger partial charge in [0.05, 0.1) is 4.92 Å². The number of rotatable bonds is 3. The summed E-state index contributed by atoms with van der Waals surface area (Å²) in [5.74, 6) is 1.21. The summed E-state index contributed by atoms with van der Waals surface area (Å²) in [5.41, 5.74) is 7.91. The molecule has 28 heavy (non-hydrogen) atoms. The first-order chi connectivity index (χ1) is 13.5. The van der Waals surface area contributed by atoms with Crippen LogP contribution in [0.1, 0.15) is 0 Å². The molecule has 0 fully saturated rings. The minimum atomic E-state index is -0.451. The van der Waals surface area contributed by atoms with E-state index in [9.17, 15) is 10.1 Å². The molecule has 2 N–H and O–H groups in total. The van der Waals surface area contributed by atoms with Gasteiger partial charge in [-0.25, -0.2) is 9.36 Å². The lowest BCUT2D eigenvalue weighted by Gasteiger charge is -1.99. The summed E-state index contributed by atoms with van der Waals surface area (Å²) in [5, 5.41) is 32.6. The van der Waals surface area contributed by atoms with E-state index in [-0.39, 0.29) is 5.69 Å². The zero-order valence-electron chi connectivity index (χ0n) is 15.0. The maximum atomic E-state index is 10.6. The van der Waals surface area contributed by atoms with E-state index in [2.05, 4.69) is 31.1 Å². The molecule has 0 amide bonds. The summed E-state index contributed by atoms with van der Waals surface area (Å²) in [7, 11) is 3.46. The highest BCUT2D eigenvalue weighted by Gasteiger charge is 2.10. The number of nitro benzene ring substituents is 1. The van der Waals surface area contributed by atoms with Crippen LogP contribution in [0, 0.1) is 10.1 Å². The van der Waals surface area contributed by atoms with Gasteiger partial charge in [-0.05, 0) is 33.0 Å². The molecule has 0 saturated carbocycles. The van der Waals surface area contributed by atoms with Crippen LogP contribution in [0.5, 0.6) is 0 Å². The smallest absolute Gasteiger partial charge is 0.270 e. The fourth-order valence-electron chi connectivity index (χ4n) is 2.38. The predicted octanol–water partition coefficient (Wildman–Crippen LogP) is 1.24. The van der Waals surface area contributed by atoms with Gasteiger partial charge < -0.3 is 5.73 Å². The van der Waals surface area contributed by atoms with Crippen molar-refractivity contribution >= 4 is 11.4 Å². The van der Waals surface area contributed by atoms with Crippen molar-refractivity contribution in [3.63, 3.8) is 0 Å². The van der Waals surface area contributed by atoms with Gasteiger partial charge in [-0.15, -0.1) is 10.2 Å². The van der Waals surface area contributed by atoms with Gasteiger partial charge in [-0.3, -0.25) is 10.1 Å². The summed E-state index contributed by atoms with van der Waals surface area (Å²) < 4.78 is 3.06. The van der Waals surface area contributed by atoms with Crippen LogP contribution in [0.25, 0.3) is 22.8 Å². The molecule has 142 valence electrons. The van der Waals surface area contributed by atoms with Gasteiger partial charge in [0, 0.05) is 43.0 Å². The lowest BCUT2D eigenvalue weighted by atomic mass is 10.2. The molecular weight excluding hydrogens is 364 g/mol. The largest absolute Gasteiger partial charge is 0.399 e. The van der Waals surface area contributed by atoms with E-state index in [1.807, 2.05) is 24.3 Å². The van der Waals surface area contributed by atoms with Crippen molar-refractivity contribution in [2.24, 2.45) is 14.1 Å². The molecule has 12 nitrogen and oxygen atoms in total. The van der Waals surface area contributed by atoms with Gasteiger partial charge in [0.15, 0.2) is 11.6 Å². The summed E-state index contributed by atoms with van der Waals surface area (Å²) in [4.78, 5) is 10.1. The van der Waals surface area contributed by atoms with Crippen molar-refractivity contribution in [1.82, 2.24) is 40.4 Å². The maximum Gasteiger partial charge on any atom is 0.270 e. The molecule has 0 atom stereocenters. The van der Waals surface area contributed by atoms with E-state index in [0.29, 0.717) is 22.9 Å². The van der Waals surface area contributed by atoms with Crippen molar-refractivity contribution in [2.45, 2.75) is 0 Å². The van der Waals surface area contributed by atoms with Crippen molar-refractivity contribution < 1.29 is 4.92 Å². The highest BCUT2D eigenvalue weighted by Crippen LogP contribution is 2.20. The second-order valence-corrected chi connectivity index (χ2v) is 5.69. The van der Waals surface area contributed by atoms with Crippen LogP contribution in [-0.4, -0.2) is 45.3 Å². The number of aryl methyl sites for hydroxylation is 2. The quantitative estimate of drug-likeness (QED) is 0.314. The standard InChI is InChI=1S/C8H7N5O2.C8H9N5/c1-12-8(9-10-11-12)6-3-2-4-7(5-6)13(14)15;1-13-8(10-11-12-13)6-3-2-4-7(9)5-6/h2-5H,1H3;2-5H,9H2,1H3. The van der Waals surface area contributed by atoms with Crippen LogP contribution in [0.3, 0.4) is 0 Å². The van der Waals surface area contributed by atoms with Gasteiger partial charge in [-0.2, -0.15) is 0 Å². The molecule has 0 bridgehead atoms. The van der Waals surface area contributed by atoms with E-state index in [4.69, 9.17) is 5.73 Å². The van der Waals surface area contributed by atoms with Crippen LogP contribution in [-0.2, 0) is 14.1 Å². The highest BCUT2D eigenvalue weighted by molar-refractivity contribution is 5.60. The molecule has 2 aromatic carbocycles. The second-order valence-electron chi connectivity index (χ2n) is 5.69. The number of hydrogen-bond donors (Lipinski definition) is 1. The molecule has 0 saturated heterocycles. The maximum absolute atomic E-state index is 10.6. The van der Waals surface area contributed by atoms with E-state index in [1.54, 1.807) is 30.9 Å². The molecule has 0 unspecified atom stereocenters. The number of tetrazole rings is 2. The molecule has 4 rings (SSSR count). The Kier molecular flexibility index (Phi) is 5.30. The van der Waals surface area contributed by atoms with Crippen molar-refractivity contribution in [3.05, 3.63) is 58.6 Å². The van der Waals surface area contributed by atoms with Crippen molar-refractivity contribution in [1.29, 1.82) is 0 Å². The summed E-state index contributed by atoms with van der Waals surface area (Å²) in [6.07, 6.45) is 0. The topological polar surface area (TPSA) is 156 Å². The Bertz CT molecular complexity index is 1100. The Morgan fingerprint density at radius 2 is 1.43 bits per heavy atom. The summed E-state index contributed by atoms with van der Waals surface area (Å²) in [6, 6.07) is 13.6. The minimum absolute atomic E-state index is 0.0236. The van der Waals surface area contributed by atoms with Crippen molar-refractivity contribution in [2.75, 3.05) is 5.73 Å². The molecule has 0 aliphatic rings. The zero-order valence-corrected chi connectivity index (χ0v) is 15.0. The Morgan fingerprint density at radius 3 is 1.89 bits per heavy atom. The summed E-state index contributed by atoms with van der Waals surface area (Å²) >= 11 is 0. The van der Waals surface area contributed by atoms with E-state index in [1.165, 1.54) is 16.8 Å². The Hall–Kier alpha value is -4.22. The molecule has 0 radical (unpaired) electrons. The molecular formula is C16H16N10O2. The van der Waals surface area contributed by atoms with Crippen LogP contribution >= 0.6 is 0 Å². The SMILES string of the molecule is Cn1nnnc1-c1cccc(N)c1.Cn1nnnc1-c1cccc([N+](=O)[O-])c1. The Balaban J connectivity index is 0.000000162. The molecule has 2 aromatic heterocycles. The number of non-ortho nitro benzene ring substituents is 1. The van der Waals surface area contributed by atoms with Crippen LogP contribution in [0.4, 0.5) is 11.4 Å². The third-order valence-electron chi connectivity index (χ3n) is 3.70. The number of benzene rings is 2. The first kappa shape index (κ1) is 18.6. The molecule has 0 aliphatic heterocycles. The van der Waals surface area contributed by atoms with Gasteiger partial charge in [0.2, 0.25) is 0 Å². The molecule has 0 spiro atoms. The monoisotopic (exact) mass is 380 g/mol. The van der Waals surface area contributed by atoms with Crippen LogP contribution in [0.15, 0.2) is 48.5 Å². The highest BCUT2D eigenvalue weighted by atomic mass is 16.6. The van der Waals surface area contributed by atoms with E-state index < -0.39 is 4.92 Å². The number of hydrogen-bond acceptors (Lipinski definition) is 9. The average molecular weight is 380 g/mol. The normalized spacial score (nSPS) is 10.2. The first-order valence-electron chi connectivity index (χ1n) is 8.01. The number of aromatic nitrogens is 8. The van der Waals surface area contributed by atoms with Crippen molar-refractivity contribution in [3.8, 4) is 22.8 Å². The third-order valence-corrected chi connectivity index (χ3v) is 3.70. The minimum Gasteiger partial charge on any atom is -0.399 e. The van der Waals surface area contributed by atoms with Crippen LogP contribution in [0.2, 0.25) is 0 Å². The van der Waals surface area contributed by atoms with Gasteiger partial charge >= 0.3 is 0 Å². The molecule has 12 heteroatoms. The van der Waals surface area contributed by atoms with Gasteiger partial charge in [0.1, 0.15) is 0 Å². The number of nitrogen functional groups attached to an aromatic ring is 1. The summed E-state index contributed by atoms with van der Waals surface area (Å²) in [6.45, 7) is 0. The lowest BCUT2D eigenvalue weighted by Crippen LogP contribution is -1.95. The molecule has 0 aliphatic carbocycles. The average Bonchev–Trinajstić information content (AvgIpc) is 3.30. The third kappa shape index (κ3) is 4.12. The van der Waals surface area contributed by atoms with E-state index >= 15 is 0 Å². The van der Waals surface area contributed by atoms with Crippen LogP contribution < -0.4 is 5.73 Å². The van der Waals surface area contributed by atoms with Gasteiger partial charge in [-0.1, -0.05) is 24.3 Å². The lowest BCUT2D eigenvalue weighted by molar-refractivity contribution is -0.384. The second kappa shape index (κ2) is 7.99. The number of nitro groups is 1. The number of nitrogens with zero attached hydrogens (tertiary/aromatic N) is 9. The number of anilines is 1. The molecule has 4 aromatic rings. The van der Waals surface area contributed by atoms with E-state index in [0.717, 1.165) is 5.56 Å². The fraction of sp³-hybridized carbons (Fsp3) is 0.125. The Morgan fingerprint density at radius 1 is 0.893 bits per heavy atom. The first-order valence-corrected chi connectivity index (χ1v) is 8.01.